The van der Waals surface area contributed by atoms with Crippen molar-refractivity contribution in [2.24, 2.45) is 5.41 Å². The molecule has 1 unspecified atom stereocenters. The number of aromatic amines is 1. The average Bonchev–Trinajstić information content (AvgIpc) is 2.63. The van der Waals surface area contributed by atoms with E-state index in [1.54, 1.807) is 13.8 Å². The van der Waals surface area contributed by atoms with Crippen LogP contribution in [0, 0.1) is 23.6 Å². The number of rotatable bonds is 2. The molecule has 0 bridgehead atoms. The smallest absolute Gasteiger partial charge is 0.330 e. The van der Waals surface area contributed by atoms with Gasteiger partial charge < -0.3 is 14.9 Å². The molecule has 3 N–H and O–H groups in total. The fourth-order valence-corrected chi connectivity index (χ4v) is 2.74. The van der Waals surface area contributed by atoms with Crippen molar-refractivity contribution in [2.75, 3.05) is 6.61 Å². The summed E-state index contributed by atoms with van der Waals surface area (Å²) in [5, 5.41) is 21.7. The lowest BCUT2D eigenvalue weighted by molar-refractivity contribution is -0.0510. The Balaban J connectivity index is 2.64. The standard InChI is InChI=1S/C13H15ClN2O5/c1-7-5-9(18)15-12(20)16(7)11-13(2,3-4-14)10(19)8(6-17)21-11/h5,8,10-11,17,19H,6H2,1-2H3,(H,15,18,20)/t8-,10?,11-,13+/m1/s1. The van der Waals surface area contributed by atoms with Gasteiger partial charge in [-0.25, -0.2) is 4.79 Å². The summed E-state index contributed by atoms with van der Waals surface area (Å²) in [5.41, 5.74) is -2.07. The molecule has 2 rings (SSSR count). The van der Waals surface area contributed by atoms with Crippen LogP contribution >= 0.6 is 11.6 Å². The molecule has 8 heteroatoms. The van der Waals surface area contributed by atoms with E-state index in [0.717, 1.165) is 0 Å². The molecule has 114 valence electrons. The summed E-state index contributed by atoms with van der Waals surface area (Å²) < 4.78 is 6.74. The summed E-state index contributed by atoms with van der Waals surface area (Å²) in [4.78, 5) is 25.5. The number of hydrogen-bond acceptors (Lipinski definition) is 5. The van der Waals surface area contributed by atoms with Crippen LogP contribution in [0.25, 0.3) is 0 Å². The largest absolute Gasteiger partial charge is 0.394 e. The number of halogens is 1. The number of hydrogen-bond donors (Lipinski definition) is 3. The van der Waals surface area contributed by atoms with E-state index in [9.17, 15) is 19.8 Å². The van der Waals surface area contributed by atoms with Crippen LogP contribution in [0.5, 0.6) is 0 Å². The topological polar surface area (TPSA) is 105 Å². The van der Waals surface area contributed by atoms with Gasteiger partial charge in [0.05, 0.1) is 6.61 Å². The van der Waals surface area contributed by atoms with E-state index in [1.165, 1.54) is 10.6 Å². The highest BCUT2D eigenvalue weighted by atomic mass is 35.5. The lowest BCUT2D eigenvalue weighted by Crippen LogP contribution is -2.41. The second-order valence-corrected chi connectivity index (χ2v) is 5.30. The minimum Gasteiger partial charge on any atom is -0.394 e. The second-order valence-electron chi connectivity index (χ2n) is 5.11. The van der Waals surface area contributed by atoms with E-state index in [2.05, 4.69) is 16.3 Å². The molecule has 0 radical (unpaired) electrons. The Hall–Kier alpha value is -1.59. The molecule has 1 saturated heterocycles. The first-order valence-corrected chi connectivity index (χ1v) is 6.62. The minimum absolute atomic E-state index is 0.349. The highest BCUT2D eigenvalue weighted by Crippen LogP contribution is 2.44. The lowest BCUT2D eigenvalue weighted by atomic mass is 9.83. The second kappa shape index (κ2) is 5.66. The molecular formula is C13H15ClN2O5. The maximum Gasteiger partial charge on any atom is 0.330 e. The molecule has 0 amide bonds. The van der Waals surface area contributed by atoms with Gasteiger partial charge in [0, 0.05) is 17.1 Å². The Labute approximate surface area is 125 Å². The summed E-state index contributed by atoms with van der Waals surface area (Å²) in [7, 11) is 0. The van der Waals surface area contributed by atoms with E-state index in [0.29, 0.717) is 5.69 Å². The summed E-state index contributed by atoms with van der Waals surface area (Å²) in [6.45, 7) is 2.70. The number of nitrogens with one attached hydrogen (secondary N) is 1. The molecule has 1 aliphatic rings. The number of nitrogens with zero attached hydrogens (tertiary/aromatic N) is 1. The molecule has 0 aromatic carbocycles. The van der Waals surface area contributed by atoms with Gasteiger partial charge in [-0.15, -0.1) is 0 Å². The number of H-pyrrole nitrogens is 1. The molecule has 1 aromatic heterocycles. The Kier molecular flexibility index (Phi) is 4.25. The molecule has 7 nitrogen and oxygen atoms in total. The van der Waals surface area contributed by atoms with Gasteiger partial charge in [0.2, 0.25) is 0 Å². The van der Waals surface area contributed by atoms with E-state index in [4.69, 9.17) is 16.3 Å². The number of aryl methyl sites for hydroxylation is 1. The summed E-state index contributed by atoms with van der Waals surface area (Å²) in [5.74, 6) is 2.63. The number of aliphatic hydroxyl groups excluding tert-OH is 2. The summed E-state index contributed by atoms with van der Waals surface area (Å²) in [6.07, 6.45) is -3.03. The predicted octanol–water partition coefficient (Wildman–Crippen LogP) is -0.698. The fraction of sp³-hybridized carbons (Fsp3) is 0.538. The Morgan fingerprint density at radius 1 is 1.57 bits per heavy atom. The maximum atomic E-state index is 12.0. The van der Waals surface area contributed by atoms with E-state index in [-0.39, 0.29) is 0 Å². The van der Waals surface area contributed by atoms with Gasteiger partial charge in [0.25, 0.3) is 5.56 Å². The highest BCUT2D eigenvalue weighted by Gasteiger charge is 2.53. The molecule has 4 atom stereocenters. The lowest BCUT2D eigenvalue weighted by Gasteiger charge is -2.28. The van der Waals surface area contributed by atoms with Gasteiger partial charge in [0.15, 0.2) is 6.23 Å². The monoisotopic (exact) mass is 314 g/mol. The zero-order valence-corrected chi connectivity index (χ0v) is 12.2. The summed E-state index contributed by atoms with van der Waals surface area (Å²) >= 11 is 5.45. The third-order valence-electron chi connectivity index (χ3n) is 3.68. The SMILES string of the molecule is Cc1cc(=O)[nH]c(=O)n1[C@@H]1O[C@H](CO)C(O)[C@]1(C)C#CCl. The van der Waals surface area contributed by atoms with Crippen molar-refractivity contribution in [2.45, 2.75) is 32.3 Å². The first-order chi connectivity index (χ1) is 9.85. The van der Waals surface area contributed by atoms with Crippen LogP contribution in [-0.2, 0) is 4.74 Å². The predicted molar refractivity (Wildman–Crippen MR) is 74.8 cm³/mol. The first-order valence-electron chi connectivity index (χ1n) is 6.24. The Bertz CT molecular complexity index is 716. The minimum atomic E-state index is -1.21. The highest BCUT2D eigenvalue weighted by molar-refractivity contribution is 6.30. The summed E-state index contributed by atoms with van der Waals surface area (Å²) in [6, 6.07) is 1.23. The van der Waals surface area contributed by atoms with Crippen LogP contribution in [0.4, 0.5) is 0 Å². The van der Waals surface area contributed by atoms with Crippen LogP contribution < -0.4 is 11.2 Å². The van der Waals surface area contributed by atoms with Crippen molar-refractivity contribution >= 4 is 11.6 Å². The number of aromatic nitrogens is 2. The van der Waals surface area contributed by atoms with Crippen molar-refractivity contribution < 1.29 is 14.9 Å². The zero-order chi connectivity index (χ0) is 15.8. The Morgan fingerprint density at radius 2 is 2.24 bits per heavy atom. The molecule has 1 aliphatic heterocycles. The Morgan fingerprint density at radius 3 is 2.76 bits per heavy atom. The first kappa shape index (κ1) is 15.8. The maximum absolute atomic E-state index is 12.0. The molecule has 0 aliphatic carbocycles. The average molecular weight is 315 g/mol. The van der Waals surface area contributed by atoms with E-state index < -0.39 is 41.7 Å². The molecule has 1 fully saturated rings. The van der Waals surface area contributed by atoms with Crippen LogP contribution in [-0.4, -0.2) is 38.6 Å². The van der Waals surface area contributed by atoms with Crippen molar-refractivity contribution in [1.82, 2.24) is 9.55 Å². The molecule has 0 spiro atoms. The molecule has 0 saturated carbocycles. The van der Waals surface area contributed by atoms with Crippen molar-refractivity contribution in [3.05, 3.63) is 32.6 Å². The number of aliphatic hydroxyl groups is 2. The number of ether oxygens (including phenoxy) is 1. The zero-order valence-electron chi connectivity index (χ0n) is 11.5. The van der Waals surface area contributed by atoms with Crippen molar-refractivity contribution in [3.63, 3.8) is 0 Å². The van der Waals surface area contributed by atoms with E-state index in [1.807, 2.05) is 0 Å². The van der Waals surface area contributed by atoms with Crippen LogP contribution in [0.2, 0.25) is 0 Å². The molecule has 1 aromatic rings. The quantitative estimate of drug-likeness (QED) is 0.626. The third-order valence-corrected chi connectivity index (χ3v) is 3.78. The van der Waals surface area contributed by atoms with Gasteiger partial charge in [-0.2, -0.15) is 0 Å². The van der Waals surface area contributed by atoms with Gasteiger partial charge in [0.1, 0.15) is 17.6 Å². The molecule has 2 heterocycles. The van der Waals surface area contributed by atoms with Gasteiger partial charge in [-0.3, -0.25) is 14.3 Å². The van der Waals surface area contributed by atoms with Gasteiger partial charge in [-0.1, -0.05) is 5.92 Å². The molecular weight excluding hydrogens is 300 g/mol. The fourth-order valence-electron chi connectivity index (χ4n) is 2.54. The molecule has 21 heavy (non-hydrogen) atoms. The third kappa shape index (κ3) is 2.51. The van der Waals surface area contributed by atoms with Crippen LogP contribution in [0.3, 0.4) is 0 Å². The van der Waals surface area contributed by atoms with Crippen molar-refractivity contribution in [3.8, 4) is 11.3 Å². The van der Waals surface area contributed by atoms with Gasteiger partial charge in [-0.05, 0) is 25.4 Å². The van der Waals surface area contributed by atoms with Crippen molar-refractivity contribution in [1.29, 1.82) is 0 Å². The van der Waals surface area contributed by atoms with Crippen LogP contribution in [0.1, 0.15) is 18.8 Å². The normalized spacial score (nSPS) is 31.8. The van der Waals surface area contributed by atoms with Gasteiger partial charge >= 0.3 is 5.69 Å². The van der Waals surface area contributed by atoms with E-state index >= 15 is 0 Å². The van der Waals surface area contributed by atoms with Crippen LogP contribution in [0.15, 0.2) is 15.7 Å².